The fourth-order valence-electron chi connectivity index (χ4n) is 3.21. The van der Waals surface area contributed by atoms with E-state index in [0.717, 1.165) is 25.7 Å². The maximum atomic E-state index is 12.5. The van der Waals surface area contributed by atoms with Crippen LogP contribution in [-0.4, -0.2) is 50.5 Å². The maximum Gasteiger partial charge on any atom is 0.357 e. The van der Waals surface area contributed by atoms with Crippen molar-refractivity contribution in [3.63, 3.8) is 0 Å². The van der Waals surface area contributed by atoms with Gasteiger partial charge in [0.05, 0.1) is 20.8 Å². The Balaban J connectivity index is 2.01. The molecule has 1 aromatic carbocycles. The predicted molar refractivity (Wildman–Crippen MR) is 118 cm³/mol. The molecule has 0 spiro atoms. The number of carbonyl (C=O) groups excluding carboxylic acids is 3. The predicted octanol–water partition coefficient (Wildman–Crippen LogP) is 3.68. The van der Waals surface area contributed by atoms with Gasteiger partial charge in [-0.05, 0) is 55.0 Å². The van der Waals surface area contributed by atoms with Crippen LogP contribution in [0.4, 0.5) is 0 Å². The molecule has 1 saturated carbocycles. The summed E-state index contributed by atoms with van der Waals surface area (Å²) >= 11 is 0. The molecule has 0 radical (unpaired) electrons. The van der Waals surface area contributed by atoms with E-state index in [0.29, 0.717) is 53.5 Å². The van der Waals surface area contributed by atoms with E-state index < -0.39 is 5.97 Å². The molecule has 1 aliphatic rings. The average molecular weight is 440 g/mol. The zero-order chi connectivity index (χ0) is 23.1. The van der Waals surface area contributed by atoms with Crippen LogP contribution >= 0.6 is 0 Å². The van der Waals surface area contributed by atoms with Crippen molar-refractivity contribution >= 4 is 18.2 Å². The molecule has 0 atom stereocenters. The fourth-order valence-corrected chi connectivity index (χ4v) is 3.21. The van der Waals surface area contributed by atoms with Crippen LogP contribution in [0.2, 0.25) is 0 Å². The summed E-state index contributed by atoms with van der Waals surface area (Å²) in [6.45, 7) is 3.13. The normalized spacial score (nSPS) is 12.7. The van der Waals surface area contributed by atoms with Gasteiger partial charge < -0.3 is 19.5 Å². The molecule has 1 N–H and O–H groups in total. The summed E-state index contributed by atoms with van der Waals surface area (Å²) in [5.41, 5.74) is 1.13. The van der Waals surface area contributed by atoms with Crippen LogP contribution in [0, 0.1) is 5.92 Å². The fraction of sp³-hybridized carbons (Fsp3) is 0.417. The highest BCUT2D eigenvalue weighted by atomic mass is 16.5. The van der Waals surface area contributed by atoms with E-state index in [2.05, 4.69) is 17.2 Å². The molecule has 3 rings (SSSR count). The van der Waals surface area contributed by atoms with E-state index in [4.69, 9.17) is 14.2 Å². The number of amides is 1. The monoisotopic (exact) mass is 440 g/mol. The smallest absolute Gasteiger partial charge is 0.357 e. The molecule has 1 heterocycles. The lowest BCUT2D eigenvalue weighted by Crippen LogP contribution is -2.27. The minimum absolute atomic E-state index is 0.0589. The molecule has 0 bridgehead atoms. The number of unbranched alkanes of at least 4 members (excludes halogenated alkanes) is 1. The van der Waals surface area contributed by atoms with Gasteiger partial charge in [-0.2, -0.15) is 0 Å². The number of aldehydes is 1. The van der Waals surface area contributed by atoms with Crippen LogP contribution < -0.4 is 14.8 Å². The van der Waals surface area contributed by atoms with Crippen LogP contribution in [0.3, 0.4) is 0 Å². The molecular weight excluding hydrogens is 412 g/mol. The first-order valence-electron chi connectivity index (χ1n) is 10.7. The number of carbonyl (C=O) groups is 3. The number of rotatable bonds is 11. The zero-order valence-corrected chi connectivity index (χ0v) is 18.6. The average Bonchev–Trinajstić information content (AvgIpc) is 3.66. The first-order chi connectivity index (χ1) is 15.5. The minimum atomic E-state index is -0.712. The molecule has 1 amide bonds. The molecule has 32 heavy (non-hydrogen) atoms. The molecular formula is C24H28N2O6. The Morgan fingerprint density at radius 1 is 1.16 bits per heavy atom. The summed E-state index contributed by atoms with van der Waals surface area (Å²) in [5.74, 6) is 0.301. The highest BCUT2D eigenvalue weighted by molar-refractivity contribution is 6.01. The van der Waals surface area contributed by atoms with Crippen molar-refractivity contribution in [1.29, 1.82) is 0 Å². The topological polar surface area (TPSA) is 104 Å². The highest BCUT2D eigenvalue weighted by Crippen LogP contribution is 2.37. The van der Waals surface area contributed by atoms with Gasteiger partial charge in [0, 0.05) is 17.7 Å². The molecule has 2 aromatic rings. The van der Waals surface area contributed by atoms with E-state index >= 15 is 0 Å². The Kier molecular flexibility index (Phi) is 7.81. The number of esters is 1. The second-order valence-corrected chi connectivity index (χ2v) is 7.65. The van der Waals surface area contributed by atoms with E-state index in [1.165, 1.54) is 20.3 Å². The summed E-state index contributed by atoms with van der Waals surface area (Å²) < 4.78 is 16.1. The molecule has 8 nitrogen and oxygen atoms in total. The third-order valence-corrected chi connectivity index (χ3v) is 5.26. The van der Waals surface area contributed by atoms with Crippen molar-refractivity contribution in [3.05, 3.63) is 41.2 Å². The maximum absolute atomic E-state index is 12.5. The summed E-state index contributed by atoms with van der Waals surface area (Å²) in [6, 6.07) is 6.32. The zero-order valence-electron chi connectivity index (χ0n) is 18.6. The summed E-state index contributed by atoms with van der Waals surface area (Å²) in [7, 11) is 2.73. The van der Waals surface area contributed by atoms with Crippen molar-refractivity contribution in [1.82, 2.24) is 10.3 Å². The molecule has 0 saturated heterocycles. The van der Waals surface area contributed by atoms with E-state index in [9.17, 15) is 14.4 Å². The van der Waals surface area contributed by atoms with Crippen molar-refractivity contribution in [2.75, 3.05) is 27.4 Å². The van der Waals surface area contributed by atoms with Crippen LogP contribution in [0.25, 0.3) is 11.1 Å². The van der Waals surface area contributed by atoms with E-state index in [1.54, 1.807) is 18.2 Å². The van der Waals surface area contributed by atoms with Gasteiger partial charge in [0.2, 0.25) is 0 Å². The largest absolute Gasteiger partial charge is 0.493 e. The van der Waals surface area contributed by atoms with Gasteiger partial charge in [0.1, 0.15) is 5.69 Å². The SMILES string of the molecule is CCCCOc1cc(C=O)c(-c2ccc(C(=O)NCC3CC3)nc2C(=O)OC)cc1OC. The lowest BCUT2D eigenvalue weighted by Gasteiger charge is -2.16. The van der Waals surface area contributed by atoms with Gasteiger partial charge in [-0.25, -0.2) is 9.78 Å². The number of methoxy groups -OCH3 is 2. The molecule has 1 aliphatic carbocycles. The van der Waals surface area contributed by atoms with Crippen LogP contribution in [-0.2, 0) is 4.74 Å². The molecule has 0 aliphatic heterocycles. The first-order valence-corrected chi connectivity index (χ1v) is 10.7. The van der Waals surface area contributed by atoms with Gasteiger partial charge in [-0.15, -0.1) is 0 Å². The van der Waals surface area contributed by atoms with Crippen molar-refractivity contribution in [2.24, 2.45) is 5.92 Å². The third kappa shape index (κ3) is 5.43. The van der Waals surface area contributed by atoms with Gasteiger partial charge in [0.25, 0.3) is 5.91 Å². The van der Waals surface area contributed by atoms with Crippen LogP contribution in [0.1, 0.15) is 63.9 Å². The van der Waals surface area contributed by atoms with Crippen molar-refractivity contribution in [3.8, 4) is 22.6 Å². The summed E-state index contributed by atoms with van der Waals surface area (Å²) in [6.07, 6.45) is 4.72. The Morgan fingerprint density at radius 3 is 2.56 bits per heavy atom. The second kappa shape index (κ2) is 10.7. The van der Waals surface area contributed by atoms with Crippen LogP contribution in [0.15, 0.2) is 24.3 Å². The minimum Gasteiger partial charge on any atom is -0.493 e. The molecule has 170 valence electrons. The van der Waals surface area contributed by atoms with Crippen LogP contribution in [0.5, 0.6) is 11.5 Å². The van der Waals surface area contributed by atoms with Gasteiger partial charge in [-0.1, -0.05) is 13.3 Å². The Hall–Kier alpha value is -3.42. The Bertz CT molecular complexity index is 1000. The molecule has 1 fully saturated rings. The van der Waals surface area contributed by atoms with Crippen molar-refractivity contribution in [2.45, 2.75) is 32.6 Å². The standard InChI is InChI=1S/C24H28N2O6/c1-4-5-10-32-21-11-16(14-27)18(12-20(21)30-2)17-8-9-19(26-22(17)24(29)31-3)23(28)25-13-15-6-7-15/h8-9,11-12,14-15H,4-7,10,13H2,1-3H3,(H,25,28). The molecule has 0 unspecified atom stereocenters. The number of aromatic nitrogens is 1. The number of nitrogens with one attached hydrogen (secondary N) is 1. The number of ether oxygens (including phenoxy) is 3. The lowest BCUT2D eigenvalue weighted by molar-refractivity contribution is 0.0594. The van der Waals surface area contributed by atoms with Gasteiger partial charge in [0.15, 0.2) is 23.5 Å². The second-order valence-electron chi connectivity index (χ2n) is 7.65. The van der Waals surface area contributed by atoms with E-state index in [-0.39, 0.29) is 17.3 Å². The molecule has 1 aromatic heterocycles. The molecule has 8 heteroatoms. The number of pyridine rings is 1. The first kappa shape index (κ1) is 23.2. The quantitative estimate of drug-likeness (QED) is 0.323. The Labute approximate surface area is 187 Å². The highest BCUT2D eigenvalue weighted by Gasteiger charge is 2.24. The third-order valence-electron chi connectivity index (χ3n) is 5.26. The van der Waals surface area contributed by atoms with Crippen molar-refractivity contribution < 1.29 is 28.6 Å². The van der Waals surface area contributed by atoms with Gasteiger partial charge in [-0.3, -0.25) is 9.59 Å². The summed E-state index contributed by atoms with van der Waals surface area (Å²) in [5, 5.41) is 2.83. The lowest BCUT2D eigenvalue weighted by atomic mass is 9.97. The van der Waals surface area contributed by atoms with Gasteiger partial charge >= 0.3 is 5.97 Å². The Morgan fingerprint density at radius 2 is 1.94 bits per heavy atom. The number of hydrogen-bond donors (Lipinski definition) is 1. The number of nitrogens with zero attached hydrogens (tertiary/aromatic N) is 1. The number of benzene rings is 1. The van der Waals surface area contributed by atoms with E-state index in [1.807, 2.05) is 0 Å². The number of hydrogen-bond acceptors (Lipinski definition) is 7. The summed E-state index contributed by atoms with van der Waals surface area (Å²) in [4.78, 5) is 41.1.